The summed E-state index contributed by atoms with van der Waals surface area (Å²) in [6.07, 6.45) is 4.82. The first-order valence-electron chi connectivity index (χ1n) is 9.34. The van der Waals surface area contributed by atoms with Crippen LogP contribution in [0.15, 0.2) is 57.6 Å². The number of aromatic hydroxyl groups is 1. The summed E-state index contributed by atoms with van der Waals surface area (Å²) in [5.41, 5.74) is 1.99. The van der Waals surface area contributed by atoms with Crippen LogP contribution in [0.2, 0.25) is 0 Å². The molecule has 0 aliphatic carbocycles. The second-order valence-electron chi connectivity index (χ2n) is 6.69. The normalized spacial score (nSPS) is 16.5. The Morgan fingerprint density at radius 2 is 1.63 bits per heavy atom. The molecule has 7 heteroatoms. The van der Waals surface area contributed by atoms with Gasteiger partial charge in [-0.3, -0.25) is 0 Å². The fraction of sp³-hybridized carbons (Fsp3) is 0.400. The predicted octanol–water partition coefficient (Wildman–Crippen LogP) is 4.93. The number of rotatable bonds is 5. The van der Waals surface area contributed by atoms with E-state index in [2.05, 4.69) is 10.2 Å². The van der Waals surface area contributed by atoms with Gasteiger partial charge in [-0.15, -0.1) is 5.11 Å². The Balaban J connectivity index is 1.77. The van der Waals surface area contributed by atoms with Crippen molar-refractivity contribution in [1.82, 2.24) is 4.31 Å². The maximum absolute atomic E-state index is 12.8. The summed E-state index contributed by atoms with van der Waals surface area (Å²) in [4.78, 5) is 0.277. The van der Waals surface area contributed by atoms with Gasteiger partial charge in [-0.05, 0) is 61.2 Å². The lowest BCUT2D eigenvalue weighted by molar-refractivity contribution is 0.424. The molecule has 2 aromatic carbocycles. The fourth-order valence-electron chi connectivity index (χ4n) is 3.10. The van der Waals surface area contributed by atoms with Gasteiger partial charge in [0.25, 0.3) is 0 Å². The van der Waals surface area contributed by atoms with Gasteiger partial charge in [-0.2, -0.15) is 9.42 Å². The summed E-state index contributed by atoms with van der Waals surface area (Å²) < 4.78 is 27.1. The van der Waals surface area contributed by atoms with Crippen LogP contribution in [0.25, 0.3) is 0 Å². The van der Waals surface area contributed by atoms with Crippen molar-refractivity contribution in [2.45, 2.75) is 43.9 Å². The highest BCUT2D eigenvalue weighted by molar-refractivity contribution is 7.89. The lowest BCUT2D eigenvalue weighted by atomic mass is 10.1. The van der Waals surface area contributed by atoms with Crippen LogP contribution < -0.4 is 0 Å². The van der Waals surface area contributed by atoms with Crippen molar-refractivity contribution in [3.05, 3.63) is 48.0 Å². The molecule has 1 fully saturated rings. The molecule has 3 rings (SSSR count). The van der Waals surface area contributed by atoms with Crippen molar-refractivity contribution < 1.29 is 13.5 Å². The number of nitrogens with zero attached hydrogens (tertiary/aromatic N) is 3. The summed E-state index contributed by atoms with van der Waals surface area (Å²) in [6.45, 7) is 3.18. The number of phenols is 1. The largest absolute Gasteiger partial charge is 0.506 e. The molecular formula is C20H25N3O3S. The van der Waals surface area contributed by atoms with Crippen molar-refractivity contribution in [2.75, 3.05) is 13.1 Å². The Kier molecular flexibility index (Phi) is 6.23. The van der Waals surface area contributed by atoms with Crippen LogP contribution in [0.1, 0.15) is 38.2 Å². The lowest BCUT2D eigenvalue weighted by Crippen LogP contribution is -2.31. The Morgan fingerprint density at radius 3 is 2.26 bits per heavy atom. The minimum Gasteiger partial charge on any atom is -0.506 e. The second-order valence-corrected chi connectivity index (χ2v) is 8.63. The molecule has 0 amide bonds. The van der Waals surface area contributed by atoms with E-state index in [0.717, 1.165) is 37.7 Å². The number of aryl methyl sites for hydroxylation is 1. The Hall–Kier alpha value is -2.25. The van der Waals surface area contributed by atoms with Gasteiger partial charge in [0.05, 0.1) is 10.6 Å². The van der Waals surface area contributed by atoms with Crippen molar-refractivity contribution in [3.63, 3.8) is 0 Å². The number of phenolic OH excluding ortho intramolecular Hbond substituents is 1. The summed E-state index contributed by atoms with van der Waals surface area (Å²) in [5, 5.41) is 18.1. The number of azo groups is 1. The van der Waals surface area contributed by atoms with E-state index in [9.17, 15) is 13.5 Å². The lowest BCUT2D eigenvalue weighted by Gasteiger charge is -2.19. The molecule has 0 spiro atoms. The molecule has 1 saturated heterocycles. The van der Waals surface area contributed by atoms with E-state index in [4.69, 9.17) is 0 Å². The monoisotopic (exact) mass is 387 g/mol. The second kappa shape index (κ2) is 8.63. The molecule has 1 aliphatic rings. The Bertz CT molecular complexity index is 901. The number of sulfonamides is 1. The quantitative estimate of drug-likeness (QED) is 0.738. The average Bonchev–Trinajstić information content (AvgIpc) is 2.98. The Morgan fingerprint density at radius 1 is 0.963 bits per heavy atom. The third-order valence-corrected chi connectivity index (χ3v) is 6.67. The van der Waals surface area contributed by atoms with Gasteiger partial charge in [0, 0.05) is 13.1 Å². The maximum Gasteiger partial charge on any atom is 0.243 e. The molecule has 144 valence electrons. The molecule has 0 aromatic heterocycles. The van der Waals surface area contributed by atoms with Crippen LogP contribution in [0.4, 0.5) is 11.4 Å². The highest BCUT2D eigenvalue weighted by Crippen LogP contribution is 2.30. The molecule has 1 aliphatic heterocycles. The molecular weight excluding hydrogens is 362 g/mol. The molecule has 0 saturated carbocycles. The molecule has 0 unspecified atom stereocenters. The third-order valence-electron chi connectivity index (χ3n) is 4.76. The zero-order chi connectivity index (χ0) is 19.3. The molecule has 6 nitrogen and oxygen atoms in total. The summed E-state index contributed by atoms with van der Waals surface area (Å²) in [6, 6.07) is 11.6. The minimum absolute atomic E-state index is 0.0660. The van der Waals surface area contributed by atoms with Gasteiger partial charge < -0.3 is 5.11 Å². The third kappa shape index (κ3) is 4.73. The van der Waals surface area contributed by atoms with E-state index >= 15 is 0 Å². The summed E-state index contributed by atoms with van der Waals surface area (Å²) >= 11 is 0. The van der Waals surface area contributed by atoms with E-state index in [0.29, 0.717) is 24.5 Å². The van der Waals surface area contributed by atoms with E-state index in [1.807, 2.05) is 13.0 Å². The topological polar surface area (TPSA) is 82.3 Å². The molecule has 1 N–H and O–H groups in total. The Labute approximate surface area is 160 Å². The van der Waals surface area contributed by atoms with Crippen molar-refractivity contribution >= 4 is 21.4 Å². The van der Waals surface area contributed by atoms with Gasteiger partial charge in [-0.1, -0.05) is 25.8 Å². The minimum atomic E-state index is -3.46. The fourth-order valence-corrected chi connectivity index (χ4v) is 4.61. The first-order valence-corrected chi connectivity index (χ1v) is 10.8. The van der Waals surface area contributed by atoms with Gasteiger partial charge in [0.15, 0.2) is 0 Å². The van der Waals surface area contributed by atoms with Crippen molar-refractivity contribution in [2.24, 2.45) is 10.2 Å². The number of benzene rings is 2. The van der Waals surface area contributed by atoms with Crippen LogP contribution in [0, 0.1) is 0 Å². The molecule has 2 aromatic rings. The van der Waals surface area contributed by atoms with Gasteiger partial charge in [0.1, 0.15) is 11.4 Å². The van der Waals surface area contributed by atoms with Crippen molar-refractivity contribution in [3.8, 4) is 5.75 Å². The van der Waals surface area contributed by atoms with Gasteiger partial charge in [-0.25, -0.2) is 8.42 Å². The molecule has 27 heavy (non-hydrogen) atoms. The van der Waals surface area contributed by atoms with Crippen LogP contribution in [-0.4, -0.2) is 30.9 Å². The first kappa shape index (κ1) is 19.5. The summed E-state index contributed by atoms with van der Waals surface area (Å²) in [5.74, 6) is 0.0660. The van der Waals surface area contributed by atoms with Crippen LogP contribution >= 0.6 is 0 Å². The SMILES string of the molecule is CCc1ccc(O)c(N=Nc2ccc(S(=O)(=O)N3CCCCCC3)cc2)c1. The highest BCUT2D eigenvalue weighted by Gasteiger charge is 2.24. The van der Waals surface area contributed by atoms with E-state index in [-0.39, 0.29) is 10.6 Å². The number of hydrogen-bond acceptors (Lipinski definition) is 5. The first-order chi connectivity index (χ1) is 13.0. The van der Waals surface area contributed by atoms with E-state index in [1.54, 1.807) is 40.7 Å². The van der Waals surface area contributed by atoms with E-state index < -0.39 is 10.0 Å². The standard InChI is InChI=1S/C20H25N3O3S/c1-2-16-7-12-20(24)19(15-16)22-21-17-8-10-18(11-9-17)27(25,26)23-13-5-3-4-6-14-23/h7-12,15,24H,2-6,13-14H2,1H3. The van der Waals surface area contributed by atoms with Crippen LogP contribution in [-0.2, 0) is 16.4 Å². The van der Waals surface area contributed by atoms with Crippen LogP contribution in [0.3, 0.4) is 0 Å². The zero-order valence-electron chi connectivity index (χ0n) is 15.5. The molecule has 1 heterocycles. The highest BCUT2D eigenvalue weighted by atomic mass is 32.2. The smallest absolute Gasteiger partial charge is 0.243 e. The zero-order valence-corrected chi connectivity index (χ0v) is 16.3. The average molecular weight is 388 g/mol. The molecule has 0 atom stereocenters. The maximum atomic E-state index is 12.8. The predicted molar refractivity (Wildman–Crippen MR) is 105 cm³/mol. The molecule has 0 bridgehead atoms. The van der Waals surface area contributed by atoms with E-state index in [1.165, 1.54) is 0 Å². The molecule has 0 radical (unpaired) electrons. The van der Waals surface area contributed by atoms with Gasteiger partial charge >= 0.3 is 0 Å². The van der Waals surface area contributed by atoms with Crippen molar-refractivity contribution in [1.29, 1.82) is 0 Å². The van der Waals surface area contributed by atoms with Gasteiger partial charge in [0.2, 0.25) is 10.0 Å². The van der Waals surface area contributed by atoms with Crippen LogP contribution in [0.5, 0.6) is 5.75 Å². The number of hydrogen-bond donors (Lipinski definition) is 1. The summed E-state index contributed by atoms with van der Waals surface area (Å²) in [7, 11) is -3.46.